The van der Waals surface area contributed by atoms with Crippen LogP contribution in [0.3, 0.4) is 0 Å². The largest absolute Gasteiger partial charge is 0.352 e. The van der Waals surface area contributed by atoms with Gasteiger partial charge in [-0.05, 0) is 38.5 Å². The van der Waals surface area contributed by atoms with Crippen LogP contribution in [-0.4, -0.2) is 51.1 Å². The fraction of sp³-hybridized carbons (Fsp3) is 0.714. The molecule has 2 rings (SSSR count). The van der Waals surface area contributed by atoms with Crippen LogP contribution in [0.5, 0.6) is 0 Å². The first-order valence-electron chi connectivity index (χ1n) is 7.46. The van der Waals surface area contributed by atoms with Crippen molar-refractivity contribution in [3.8, 4) is 0 Å². The third-order valence-corrected chi connectivity index (χ3v) is 5.39. The maximum absolute atomic E-state index is 12.4. The second-order valence-corrected chi connectivity index (χ2v) is 7.59. The Hall–Kier alpha value is -0.890. The lowest BCUT2D eigenvalue weighted by atomic mass is 10.1. The number of aryl methyl sites for hydroxylation is 1. The monoisotopic (exact) mass is 314 g/mol. The van der Waals surface area contributed by atoms with Crippen molar-refractivity contribution in [3.05, 3.63) is 18.0 Å². The van der Waals surface area contributed by atoms with Gasteiger partial charge in [0.05, 0.1) is 4.90 Å². The highest BCUT2D eigenvalue weighted by Gasteiger charge is 2.23. The molecule has 1 aliphatic rings. The van der Waals surface area contributed by atoms with Gasteiger partial charge in [-0.15, -0.1) is 0 Å². The van der Waals surface area contributed by atoms with Crippen molar-refractivity contribution in [2.75, 3.05) is 33.2 Å². The van der Waals surface area contributed by atoms with Crippen molar-refractivity contribution in [2.24, 2.45) is 13.0 Å². The molecule has 1 atom stereocenters. The Morgan fingerprint density at radius 3 is 2.76 bits per heavy atom. The molecule has 21 heavy (non-hydrogen) atoms. The van der Waals surface area contributed by atoms with Crippen LogP contribution < -0.4 is 10.0 Å². The van der Waals surface area contributed by atoms with Crippen LogP contribution in [0.25, 0.3) is 0 Å². The molecule has 2 N–H and O–H groups in total. The minimum absolute atomic E-state index is 0.351. The molecule has 1 unspecified atom stereocenters. The van der Waals surface area contributed by atoms with Gasteiger partial charge in [-0.3, -0.25) is 0 Å². The Morgan fingerprint density at radius 2 is 2.14 bits per heavy atom. The van der Waals surface area contributed by atoms with Crippen molar-refractivity contribution in [3.63, 3.8) is 0 Å². The van der Waals surface area contributed by atoms with Crippen molar-refractivity contribution in [2.45, 2.75) is 24.8 Å². The second kappa shape index (κ2) is 6.91. The first kappa shape index (κ1) is 16.5. The van der Waals surface area contributed by atoms with Gasteiger partial charge in [-0.2, -0.15) is 0 Å². The normalized spacial score (nSPS) is 20.2. The van der Waals surface area contributed by atoms with Gasteiger partial charge in [-0.25, -0.2) is 13.1 Å². The predicted molar refractivity (Wildman–Crippen MR) is 83.6 cm³/mol. The molecule has 2 heterocycles. The Kier molecular flexibility index (Phi) is 5.43. The lowest BCUT2D eigenvalue weighted by Gasteiger charge is -2.11. The molecular formula is C14H26N4O2S. The number of hydrogen-bond donors (Lipinski definition) is 2. The molecule has 1 aromatic heterocycles. The van der Waals surface area contributed by atoms with Gasteiger partial charge < -0.3 is 14.8 Å². The van der Waals surface area contributed by atoms with Gasteiger partial charge in [-0.1, -0.05) is 6.92 Å². The molecule has 7 heteroatoms. The van der Waals surface area contributed by atoms with Gasteiger partial charge in [0.25, 0.3) is 0 Å². The molecule has 0 bridgehead atoms. The summed E-state index contributed by atoms with van der Waals surface area (Å²) in [5.41, 5.74) is 0.970. The van der Waals surface area contributed by atoms with Gasteiger partial charge in [0.15, 0.2) is 0 Å². The zero-order valence-electron chi connectivity index (χ0n) is 13.1. The van der Waals surface area contributed by atoms with E-state index in [0.29, 0.717) is 23.9 Å². The van der Waals surface area contributed by atoms with Crippen LogP contribution in [0.4, 0.5) is 0 Å². The minimum atomic E-state index is -3.41. The molecule has 1 aromatic rings. The molecule has 1 fully saturated rings. The quantitative estimate of drug-likeness (QED) is 0.763. The first-order valence-corrected chi connectivity index (χ1v) is 8.95. The summed E-state index contributed by atoms with van der Waals surface area (Å²) in [6, 6.07) is 1.74. The molecule has 0 spiro atoms. The standard InChI is InChI=1S/C14H26N4O2S/c1-4-15-9-13-7-14(11-18(13)3)21(19,20)16-8-12-5-6-17(2)10-12/h7,11-12,15-16H,4-6,8-10H2,1-3H3. The third-order valence-electron chi connectivity index (χ3n) is 4.00. The van der Waals surface area contributed by atoms with Crippen molar-refractivity contribution >= 4 is 10.0 Å². The van der Waals surface area contributed by atoms with Crippen LogP contribution in [0.2, 0.25) is 0 Å². The number of sulfonamides is 1. The third kappa shape index (κ3) is 4.29. The van der Waals surface area contributed by atoms with Crippen LogP contribution in [0, 0.1) is 5.92 Å². The number of rotatable bonds is 7. The Bertz CT molecular complexity index is 568. The summed E-state index contributed by atoms with van der Waals surface area (Å²) in [7, 11) is 0.532. The summed E-state index contributed by atoms with van der Waals surface area (Å²) < 4.78 is 29.3. The lowest BCUT2D eigenvalue weighted by molar-refractivity contribution is 0.394. The van der Waals surface area contributed by atoms with Crippen LogP contribution in [-0.2, 0) is 23.6 Å². The highest BCUT2D eigenvalue weighted by molar-refractivity contribution is 7.89. The summed E-state index contributed by atoms with van der Waals surface area (Å²) in [6.07, 6.45) is 2.73. The van der Waals surface area contributed by atoms with E-state index < -0.39 is 10.0 Å². The van der Waals surface area contributed by atoms with E-state index in [2.05, 4.69) is 22.0 Å². The van der Waals surface area contributed by atoms with E-state index in [-0.39, 0.29) is 0 Å². The smallest absolute Gasteiger partial charge is 0.242 e. The summed E-state index contributed by atoms with van der Waals surface area (Å²) in [5, 5.41) is 3.21. The highest BCUT2D eigenvalue weighted by atomic mass is 32.2. The summed E-state index contributed by atoms with van der Waals surface area (Å²) in [4.78, 5) is 2.58. The summed E-state index contributed by atoms with van der Waals surface area (Å²) >= 11 is 0. The molecular weight excluding hydrogens is 288 g/mol. The maximum atomic E-state index is 12.4. The predicted octanol–water partition coefficient (Wildman–Crippen LogP) is 0.365. The van der Waals surface area contributed by atoms with E-state index in [1.54, 1.807) is 12.3 Å². The zero-order chi connectivity index (χ0) is 15.5. The number of hydrogen-bond acceptors (Lipinski definition) is 4. The molecule has 6 nitrogen and oxygen atoms in total. The maximum Gasteiger partial charge on any atom is 0.242 e. The SMILES string of the molecule is CCNCc1cc(S(=O)(=O)NCC2CCN(C)C2)cn1C. The van der Waals surface area contributed by atoms with E-state index in [1.165, 1.54) is 0 Å². The van der Waals surface area contributed by atoms with E-state index in [9.17, 15) is 8.42 Å². The number of nitrogens with zero attached hydrogens (tertiary/aromatic N) is 2. The molecule has 1 aliphatic heterocycles. The van der Waals surface area contributed by atoms with Crippen molar-refractivity contribution < 1.29 is 8.42 Å². The summed E-state index contributed by atoms with van der Waals surface area (Å²) in [5.74, 6) is 0.412. The van der Waals surface area contributed by atoms with Gasteiger partial charge in [0, 0.05) is 38.6 Å². The number of likely N-dealkylation sites (tertiary alicyclic amines) is 1. The van der Waals surface area contributed by atoms with Gasteiger partial charge in [0.2, 0.25) is 10.0 Å². The van der Waals surface area contributed by atoms with Crippen LogP contribution in [0.1, 0.15) is 19.0 Å². The highest BCUT2D eigenvalue weighted by Crippen LogP contribution is 2.16. The van der Waals surface area contributed by atoms with Crippen molar-refractivity contribution in [1.82, 2.24) is 19.5 Å². The van der Waals surface area contributed by atoms with Crippen molar-refractivity contribution in [1.29, 1.82) is 0 Å². The van der Waals surface area contributed by atoms with Gasteiger partial charge in [0.1, 0.15) is 0 Å². The van der Waals surface area contributed by atoms with E-state index in [1.807, 2.05) is 18.5 Å². The molecule has 120 valence electrons. The fourth-order valence-corrected chi connectivity index (χ4v) is 3.87. The van der Waals surface area contributed by atoms with Gasteiger partial charge >= 0.3 is 0 Å². The topological polar surface area (TPSA) is 66.4 Å². The Balaban J connectivity index is 1.98. The number of aromatic nitrogens is 1. The first-order chi connectivity index (χ1) is 9.92. The zero-order valence-corrected chi connectivity index (χ0v) is 13.9. The molecule has 0 radical (unpaired) electrons. The summed E-state index contributed by atoms with van der Waals surface area (Å²) in [6.45, 7) is 6.09. The second-order valence-electron chi connectivity index (χ2n) is 5.83. The average molecular weight is 314 g/mol. The average Bonchev–Trinajstić information content (AvgIpc) is 3.01. The van der Waals surface area contributed by atoms with E-state index in [4.69, 9.17) is 0 Å². The molecule has 1 saturated heterocycles. The van der Waals surface area contributed by atoms with E-state index >= 15 is 0 Å². The minimum Gasteiger partial charge on any atom is -0.352 e. The lowest BCUT2D eigenvalue weighted by Crippen LogP contribution is -2.30. The molecule has 0 aliphatic carbocycles. The fourth-order valence-electron chi connectivity index (χ4n) is 2.66. The van der Waals surface area contributed by atoms with Crippen LogP contribution in [0.15, 0.2) is 17.2 Å². The molecule has 0 saturated carbocycles. The van der Waals surface area contributed by atoms with Crippen LogP contribution >= 0.6 is 0 Å². The molecule has 0 aromatic carbocycles. The Morgan fingerprint density at radius 1 is 1.38 bits per heavy atom. The Labute approximate surface area is 127 Å². The number of nitrogens with one attached hydrogen (secondary N) is 2. The molecule has 0 amide bonds. The van der Waals surface area contributed by atoms with E-state index in [0.717, 1.165) is 31.7 Å².